The first-order valence-corrected chi connectivity index (χ1v) is 5.51. The molecule has 0 N–H and O–H groups in total. The van der Waals surface area contributed by atoms with Gasteiger partial charge in [0.25, 0.3) is 0 Å². The summed E-state index contributed by atoms with van der Waals surface area (Å²) in [5.74, 6) is -0.718. The Labute approximate surface area is 102 Å². The molecule has 1 aromatic rings. The molecule has 0 radical (unpaired) electrons. The van der Waals surface area contributed by atoms with E-state index in [-0.39, 0.29) is 5.78 Å². The number of esters is 1. The van der Waals surface area contributed by atoms with Crippen molar-refractivity contribution in [2.24, 2.45) is 5.41 Å². The lowest BCUT2D eigenvalue weighted by molar-refractivity contribution is -0.147. The van der Waals surface area contributed by atoms with E-state index < -0.39 is 11.4 Å². The molecule has 17 heavy (non-hydrogen) atoms. The maximum Gasteiger partial charge on any atom is 0.319 e. The highest BCUT2D eigenvalue weighted by Gasteiger charge is 2.38. The second-order valence-electron chi connectivity index (χ2n) is 4.76. The van der Waals surface area contributed by atoms with Gasteiger partial charge in [0.2, 0.25) is 0 Å². The maximum absolute atomic E-state index is 12.3. The molecule has 0 atom stereocenters. The number of carbonyl (C=O) groups excluding carboxylic acids is 2. The highest BCUT2D eigenvalue weighted by molar-refractivity contribution is 6.12. The van der Waals surface area contributed by atoms with Gasteiger partial charge in [-0.25, -0.2) is 0 Å². The molecule has 0 fully saturated rings. The van der Waals surface area contributed by atoms with Crippen molar-refractivity contribution in [3.05, 3.63) is 34.9 Å². The Morgan fingerprint density at radius 2 is 1.76 bits per heavy atom. The van der Waals surface area contributed by atoms with E-state index in [1.165, 1.54) is 7.11 Å². The first-order chi connectivity index (χ1) is 7.80. The quantitative estimate of drug-likeness (QED) is 0.459. The number of hydrogen-bond acceptors (Lipinski definition) is 3. The predicted molar refractivity (Wildman–Crippen MR) is 66.0 cm³/mol. The second-order valence-corrected chi connectivity index (χ2v) is 4.76. The molecule has 0 saturated carbocycles. The average molecular weight is 234 g/mol. The van der Waals surface area contributed by atoms with Gasteiger partial charge in [-0.3, -0.25) is 9.59 Å². The Kier molecular flexibility index (Phi) is 3.71. The number of ketones is 1. The lowest BCUT2D eigenvalue weighted by atomic mass is 9.82. The van der Waals surface area contributed by atoms with Crippen molar-refractivity contribution in [3.8, 4) is 0 Å². The number of aryl methyl sites for hydroxylation is 2. The van der Waals surface area contributed by atoms with Gasteiger partial charge >= 0.3 is 5.97 Å². The molecule has 92 valence electrons. The van der Waals surface area contributed by atoms with Crippen molar-refractivity contribution < 1.29 is 14.3 Å². The van der Waals surface area contributed by atoms with Crippen LogP contribution in [0, 0.1) is 19.3 Å². The number of methoxy groups -OCH3 is 1. The molecule has 0 saturated heterocycles. The second kappa shape index (κ2) is 4.70. The van der Waals surface area contributed by atoms with E-state index in [2.05, 4.69) is 4.74 Å². The van der Waals surface area contributed by atoms with Gasteiger partial charge in [0, 0.05) is 5.56 Å². The van der Waals surface area contributed by atoms with E-state index in [0.717, 1.165) is 11.1 Å². The van der Waals surface area contributed by atoms with E-state index >= 15 is 0 Å². The third-order valence-corrected chi connectivity index (χ3v) is 2.89. The highest BCUT2D eigenvalue weighted by Crippen LogP contribution is 2.25. The van der Waals surface area contributed by atoms with Crippen LogP contribution < -0.4 is 0 Å². The zero-order valence-corrected chi connectivity index (χ0v) is 11.0. The summed E-state index contributed by atoms with van der Waals surface area (Å²) < 4.78 is 4.66. The molecule has 0 amide bonds. The minimum atomic E-state index is -1.14. The zero-order valence-electron chi connectivity index (χ0n) is 11.0. The van der Waals surface area contributed by atoms with Crippen molar-refractivity contribution in [3.63, 3.8) is 0 Å². The van der Waals surface area contributed by atoms with E-state index in [1.54, 1.807) is 19.9 Å². The molecule has 0 aliphatic heterocycles. The van der Waals surface area contributed by atoms with E-state index in [1.807, 2.05) is 26.0 Å². The Morgan fingerprint density at radius 3 is 2.24 bits per heavy atom. The standard InChI is InChI=1S/C14H18O3/c1-9-6-7-11(10(2)8-9)12(15)14(3,4)13(16)17-5/h6-8H,1-5H3. The third kappa shape index (κ3) is 2.54. The van der Waals surface area contributed by atoms with Gasteiger partial charge in [-0.05, 0) is 33.3 Å². The van der Waals surface area contributed by atoms with E-state index in [0.29, 0.717) is 5.56 Å². The van der Waals surface area contributed by atoms with Crippen LogP contribution in [0.4, 0.5) is 0 Å². The SMILES string of the molecule is COC(=O)C(C)(C)C(=O)c1ccc(C)cc1C. The van der Waals surface area contributed by atoms with Gasteiger partial charge in [0.05, 0.1) is 7.11 Å². The third-order valence-electron chi connectivity index (χ3n) is 2.89. The average Bonchev–Trinajstić information content (AvgIpc) is 2.27. The van der Waals surface area contributed by atoms with Crippen LogP contribution >= 0.6 is 0 Å². The van der Waals surface area contributed by atoms with Crippen LogP contribution in [0.2, 0.25) is 0 Å². The first kappa shape index (κ1) is 13.4. The Bertz CT molecular complexity index is 459. The smallest absolute Gasteiger partial charge is 0.319 e. The van der Waals surface area contributed by atoms with Gasteiger partial charge in [-0.15, -0.1) is 0 Å². The van der Waals surface area contributed by atoms with Crippen molar-refractivity contribution >= 4 is 11.8 Å². The molecular weight excluding hydrogens is 216 g/mol. The van der Waals surface area contributed by atoms with Crippen LogP contribution in [-0.4, -0.2) is 18.9 Å². The summed E-state index contributed by atoms with van der Waals surface area (Å²) in [4.78, 5) is 23.9. The van der Waals surface area contributed by atoms with Crippen molar-refractivity contribution in [2.45, 2.75) is 27.7 Å². The molecule has 0 aliphatic rings. The van der Waals surface area contributed by atoms with Crippen LogP contribution in [0.25, 0.3) is 0 Å². The number of hydrogen-bond donors (Lipinski definition) is 0. The van der Waals surface area contributed by atoms with Crippen LogP contribution in [0.3, 0.4) is 0 Å². The number of carbonyl (C=O) groups is 2. The lowest BCUT2D eigenvalue weighted by Crippen LogP contribution is -2.34. The summed E-state index contributed by atoms with van der Waals surface area (Å²) in [7, 11) is 1.29. The highest BCUT2D eigenvalue weighted by atomic mass is 16.5. The van der Waals surface area contributed by atoms with Crippen LogP contribution in [-0.2, 0) is 9.53 Å². The predicted octanol–water partition coefficient (Wildman–Crippen LogP) is 2.69. The monoisotopic (exact) mass is 234 g/mol. The fourth-order valence-corrected chi connectivity index (χ4v) is 1.75. The normalized spacial score (nSPS) is 11.1. The minimum Gasteiger partial charge on any atom is -0.468 e. The number of ether oxygens (including phenoxy) is 1. The molecule has 0 aromatic heterocycles. The summed E-state index contributed by atoms with van der Waals surface area (Å²) in [6, 6.07) is 5.56. The molecule has 0 bridgehead atoms. The topological polar surface area (TPSA) is 43.4 Å². The van der Waals surface area contributed by atoms with Gasteiger partial charge < -0.3 is 4.74 Å². The zero-order chi connectivity index (χ0) is 13.2. The van der Waals surface area contributed by atoms with Crippen molar-refractivity contribution in [1.29, 1.82) is 0 Å². The maximum atomic E-state index is 12.3. The number of benzene rings is 1. The Hall–Kier alpha value is -1.64. The van der Waals surface area contributed by atoms with Crippen LogP contribution in [0.1, 0.15) is 35.3 Å². The summed E-state index contributed by atoms with van der Waals surface area (Å²) in [5.41, 5.74) is 1.40. The number of Topliss-reactive ketones (excluding diaryl/α,β-unsaturated/α-hetero) is 1. The Balaban J connectivity index is 3.17. The molecular formula is C14H18O3. The molecule has 0 unspecified atom stereocenters. The largest absolute Gasteiger partial charge is 0.468 e. The van der Waals surface area contributed by atoms with Crippen LogP contribution in [0.5, 0.6) is 0 Å². The number of rotatable bonds is 3. The fraction of sp³-hybridized carbons (Fsp3) is 0.429. The fourth-order valence-electron chi connectivity index (χ4n) is 1.75. The van der Waals surface area contributed by atoms with Crippen LogP contribution in [0.15, 0.2) is 18.2 Å². The molecule has 1 aromatic carbocycles. The Morgan fingerprint density at radius 1 is 1.18 bits per heavy atom. The minimum absolute atomic E-state index is 0.207. The summed E-state index contributed by atoms with van der Waals surface area (Å²) in [5, 5.41) is 0. The molecule has 0 aliphatic carbocycles. The van der Waals surface area contributed by atoms with E-state index in [4.69, 9.17) is 0 Å². The molecule has 0 heterocycles. The summed E-state index contributed by atoms with van der Waals surface area (Å²) >= 11 is 0. The molecule has 3 heteroatoms. The van der Waals surface area contributed by atoms with Crippen molar-refractivity contribution in [2.75, 3.05) is 7.11 Å². The lowest BCUT2D eigenvalue weighted by Gasteiger charge is -2.21. The van der Waals surface area contributed by atoms with Gasteiger partial charge in [-0.2, -0.15) is 0 Å². The van der Waals surface area contributed by atoms with Crippen molar-refractivity contribution in [1.82, 2.24) is 0 Å². The molecule has 0 spiro atoms. The van der Waals surface area contributed by atoms with E-state index in [9.17, 15) is 9.59 Å². The van der Waals surface area contributed by atoms with Gasteiger partial charge in [0.1, 0.15) is 5.41 Å². The molecule has 1 rings (SSSR count). The molecule has 3 nitrogen and oxygen atoms in total. The first-order valence-electron chi connectivity index (χ1n) is 5.51. The summed E-state index contributed by atoms with van der Waals surface area (Å²) in [6.07, 6.45) is 0. The van der Waals surface area contributed by atoms with Gasteiger partial charge in [-0.1, -0.05) is 23.8 Å². The van der Waals surface area contributed by atoms with Gasteiger partial charge in [0.15, 0.2) is 5.78 Å². The summed E-state index contributed by atoms with van der Waals surface area (Å²) in [6.45, 7) is 7.00.